The van der Waals surface area contributed by atoms with Crippen LogP contribution in [0.5, 0.6) is 0 Å². The monoisotopic (exact) mass is 359 g/mol. The molecule has 144 valence electrons. The quantitative estimate of drug-likeness (QED) is 0.605. The summed E-state index contributed by atoms with van der Waals surface area (Å²) in [6.45, 7) is 11.4. The lowest BCUT2D eigenvalue weighted by Gasteiger charge is -2.47. The van der Waals surface area contributed by atoms with Crippen molar-refractivity contribution in [2.24, 2.45) is 4.99 Å². The molecule has 26 heavy (non-hydrogen) atoms. The van der Waals surface area contributed by atoms with Gasteiger partial charge in [0.2, 0.25) is 0 Å². The minimum absolute atomic E-state index is 0.413. The zero-order chi connectivity index (χ0) is 18.1. The van der Waals surface area contributed by atoms with E-state index in [9.17, 15) is 0 Å². The van der Waals surface area contributed by atoms with E-state index in [1.807, 2.05) is 7.05 Å². The van der Waals surface area contributed by atoms with Gasteiger partial charge in [0, 0.05) is 77.1 Å². The topological polar surface area (TPSA) is 60.7 Å². The van der Waals surface area contributed by atoms with Gasteiger partial charge in [-0.2, -0.15) is 5.10 Å². The first-order valence-electron chi connectivity index (χ1n) is 10.1. The second kappa shape index (κ2) is 7.56. The van der Waals surface area contributed by atoms with E-state index in [0.29, 0.717) is 18.1 Å². The minimum Gasteiger partial charge on any atom is -0.355 e. The van der Waals surface area contributed by atoms with Crippen molar-refractivity contribution < 1.29 is 0 Å². The van der Waals surface area contributed by atoms with Crippen molar-refractivity contribution in [1.29, 1.82) is 0 Å². The highest BCUT2D eigenvalue weighted by molar-refractivity contribution is 5.80. The summed E-state index contributed by atoms with van der Waals surface area (Å²) in [6, 6.07) is 1.45. The van der Waals surface area contributed by atoms with Crippen molar-refractivity contribution in [2.75, 3.05) is 46.3 Å². The van der Waals surface area contributed by atoms with Crippen LogP contribution in [0.15, 0.2) is 11.2 Å². The lowest BCUT2D eigenvalue weighted by Crippen LogP contribution is -2.64. The molecule has 2 bridgehead atoms. The van der Waals surface area contributed by atoms with Gasteiger partial charge in [-0.05, 0) is 32.3 Å². The Labute approximate surface area is 156 Å². The molecule has 3 fully saturated rings. The molecule has 0 amide bonds. The zero-order valence-corrected chi connectivity index (χ0v) is 16.4. The van der Waals surface area contributed by atoms with Gasteiger partial charge in [0.15, 0.2) is 5.96 Å². The second-order valence-corrected chi connectivity index (χ2v) is 8.20. The summed E-state index contributed by atoms with van der Waals surface area (Å²) in [4.78, 5) is 9.65. The molecule has 1 aliphatic carbocycles. The lowest BCUT2D eigenvalue weighted by atomic mass is 9.94. The van der Waals surface area contributed by atoms with Crippen molar-refractivity contribution in [3.8, 4) is 0 Å². The maximum Gasteiger partial charge on any atom is 0.191 e. The fraction of sp³-hybridized carbons (Fsp3) is 0.789. The van der Waals surface area contributed by atoms with E-state index in [-0.39, 0.29) is 0 Å². The van der Waals surface area contributed by atoms with Gasteiger partial charge in [0.1, 0.15) is 0 Å². The smallest absolute Gasteiger partial charge is 0.191 e. The number of piperazine rings is 3. The van der Waals surface area contributed by atoms with Crippen LogP contribution >= 0.6 is 0 Å². The molecule has 1 aromatic rings. The van der Waals surface area contributed by atoms with Crippen molar-refractivity contribution in [2.45, 2.75) is 51.2 Å². The Bertz CT molecular complexity index is 642. The van der Waals surface area contributed by atoms with Crippen molar-refractivity contribution in [3.05, 3.63) is 17.5 Å². The minimum atomic E-state index is 0.413. The highest BCUT2D eigenvalue weighted by atomic mass is 15.4. The average molecular weight is 360 g/mol. The standard InChI is InChI=1S/C19H33N7/c1-14(2)26-12-15-4-5-16(10-18(15)23-26)22-19(20-3)21-11-17-13-24-6-8-25(17)9-7-24/h12,14,16-17H,4-11,13H2,1-3H3,(H2,20,21,22). The van der Waals surface area contributed by atoms with Crippen LogP contribution in [0.25, 0.3) is 0 Å². The molecule has 5 rings (SSSR count). The Hall–Kier alpha value is -1.60. The van der Waals surface area contributed by atoms with Crippen LogP contribution in [0.4, 0.5) is 0 Å². The van der Waals surface area contributed by atoms with Gasteiger partial charge >= 0.3 is 0 Å². The third-order valence-electron chi connectivity index (χ3n) is 6.09. The number of aryl methyl sites for hydroxylation is 1. The van der Waals surface area contributed by atoms with Crippen molar-refractivity contribution in [3.63, 3.8) is 0 Å². The molecule has 0 aromatic carbocycles. The Balaban J connectivity index is 1.30. The predicted octanol–water partition coefficient (Wildman–Crippen LogP) is 0.486. The maximum atomic E-state index is 4.78. The van der Waals surface area contributed by atoms with E-state index in [1.54, 1.807) is 0 Å². The van der Waals surface area contributed by atoms with E-state index in [4.69, 9.17) is 5.10 Å². The number of nitrogens with one attached hydrogen (secondary N) is 2. The van der Waals surface area contributed by atoms with Gasteiger partial charge in [-0.3, -0.25) is 19.5 Å². The Morgan fingerprint density at radius 2 is 2.12 bits per heavy atom. The van der Waals surface area contributed by atoms with Crippen LogP contribution < -0.4 is 10.6 Å². The molecule has 0 spiro atoms. The number of aromatic nitrogens is 2. The SMILES string of the molecule is CN=C(NCC1CN2CCN1CC2)NC1CCc2cn(C(C)C)nc2C1. The van der Waals surface area contributed by atoms with Gasteiger partial charge in [-0.1, -0.05) is 0 Å². The second-order valence-electron chi connectivity index (χ2n) is 8.20. The molecule has 1 aromatic heterocycles. The van der Waals surface area contributed by atoms with Crippen LogP contribution in [-0.2, 0) is 12.8 Å². The molecule has 4 aliphatic rings. The van der Waals surface area contributed by atoms with Crippen LogP contribution in [0, 0.1) is 0 Å². The Kier molecular flexibility index (Phi) is 5.18. The molecule has 2 unspecified atom stereocenters. The lowest BCUT2D eigenvalue weighted by molar-refractivity contribution is 0.0154. The van der Waals surface area contributed by atoms with E-state index in [1.165, 1.54) is 44.0 Å². The van der Waals surface area contributed by atoms with Gasteiger partial charge in [-0.15, -0.1) is 0 Å². The van der Waals surface area contributed by atoms with E-state index in [2.05, 4.69) is 50.2 Å². The van der Waals surface area contributed by atoms with Gasteiger partial charge < -0.3 is 10.6 Å². The van der Waals surface area contributed by atoms with E-state index in [0.717, 1.165) is 31.8 Å². The summed E-state index contributed by atoms with van der Waals surface area (Å²) >= 11 is 0. The summed E-state index contributed by atoms with van der Waals surface area (Å²) in [6.07, 6.45) is 5.45. The largest absolute Gasteiger partial charge is 0.355 e. The average Bonchev–Trinajstić information content (AvgIpc) is 3.10. The molecular formula is C19H33N7. The number of nitrogens with zero attached hydrogens (tertiary/aromatic N) is 5. The van der Waals surface area contributed by atoms with E-state index >= 15 is 0 Å². The molecule has 3 saturated heterocycles. The van der Waals surface area contributed by atoms with E-state index < -0.39 is 0 Å². The van der Waals surface area contributed by atoms with Crippen LogP contribution in [-0.4, -0.2) is 83.9 Å². The first-order chi connectivity index (χ1) is 12.6. The molecule has 2 atom stereocenters. The summed E-state index contributed by atoms with van der Waals surface area (Å²) in [7, 11) is 1.87. The summed E-state index contributed by atoms with van der Waals surface area (Å²) < 4.78 is 2.10. The molecule has 2 N–H and O–H groups in total. The number of aliphatic imine (C=N–C) groups is 1. The molecular weight excluding hydrogens is 326 g/mol. The Morgan fingerprint density at radius 1 is 1.31 bits per heavy atom. The van der Waals surface area contributed by atoms with Crippen LogP contribution in [0.3, 0.4) is 0 Å². The Morgan fingerprint density at radius 3 is 2.77 bits per heavy atom. The van der Waals surface area contributed by atoms with Crippen molar-refractivity contribution in [1.82, 2.24) is 30.2 Å². The fourth-order valence-corrected chi connectivity index (χ4v) is 4.42. The van der Waals surface area contributed by atoms with Crippen LogP contribution in [0.2, 0.25) is 0 Å². The number of hydrogen-bond donors (Lipinski definition) is 2. The molecule has 7 nitrogen and oxygen atoms in total. The highest BCUT2D eigenvalue weighted by Gasteiger charge is 2.31. The summed E-state index contributed by atoms with van der Waals surface area (Å²) in [5.41, 5.74) is 2.67. The van der Waals surface area contributed by atoms with Gasteiger partial charge in [0.05, 0.1) is 5.69 Å². The molecule has 4 heterocycles. The van der Waals surface area contributed by atoms with Crippen molar-refractivity contribution >= 4 is 5.96 Å². The molecule has 0 radical (unpaired) electrons. The first-order valence-corrected chi connectivity index (χ1v) is 10.1. The molecule has 3 aliphatic heterocycles. The molecule has 0 saturated carbocycles. The summed E-state index contributed by atoms with van der Waals surface area (Å²) in [5, 5.41) is 12.0. The summed E-state index contributed by atoms with van der Waals surface area (Å²) in [5.74, 6) is 0.930. The van der Waals surface area contributed by atoms with Gasteiger partial charge in [-0.25, -0.2) is 0 Å². The fourth-order valence-electron chi connectivity index (χ4n) is 4.42. The maximum absolute atomic E-state index is 4.78. The van der Waals surface area contributed by atoms with Crippen LogP contribution in [0.1, 0.15) is 37.6 Å². The number of rotatable bonds is 4. The molecule has 7 heteroatoms. The normalized spacial score (nSPS) is 31.2. The predicted molar refractivity (Wildman–Crippen MR) is 105 cm³/mol. The number of hydrogen-bond acceptors (Lipinski definition) is 4. The number of fused-ring (bicyclic) bond motifs is 4. The third kappa shape index (κ3) is 3.74. The number of guanidine groups is 1. The zero-order valence-electron chi connectivity index (χ0n) is 16.4. The first kappa shape index (κ1) is 17.8. The third-order valence-corrected chi connectivity index (χ3v) is 6.09. The highest BCUT2D eigenvalue weighted by Crippen LogP contribution is 2.21. The van der Waals surface area contributed by atoms with Gasteiger partial charge in [0.25, 0.3) is 0 Å².